The zero-order valence-electron chi connectivity index (χ0n) is 12.5. The molecule has 1 saturated carbocycles. The van der Waals surface area contributed by atoms with Crippen molar-refractivity contribution in [3.8, 4) is 0 Å². The van der Waals surface area contributed by atoms with Crippen molar-refractivity contribution < 1.29 is 13.2 Å². The zero-order valence-corrected chi connectivity index (χ0v) is 14.1. The maximum Gasteiger partial charge on any atom is 0.251 e. The highest BCUT2D eigenvalue weighted by Gasteiger charge is 2.36. The first-order chi connectivity index (χ1) is 9.92. The molecule has 1 aliphatic rings. The Morgan fingerprint density at radius 2 is 1.77 bits per heavy atom. The van der Waals surface area contributed by atoms with E-state index in [-0.39, 0.29) is 23.2 Å². The lowest BCUT2D eigenvalue weighted by atomic mass is 10.0. The summed E-state index contributed by atoms with van der Waals surface area (Å²) in [6.45, 7) is 0.294. The van der Waals surface area contributed by atoms with Gasteiger partial charge in [0.05, 0.1) is 4.90 Å². The van der Waals surface area contributed by atoms with Crippen LogP contribution in [0.2, 0.25) is 0 Å². The molecule has 0 radical (unpaired) electrons. The Morgan fingerprint density at radius 3 is 2.23 bits per heavy atom. The van der Waals surface area contributed by atoms with Crippen LogP contribution in [0.4, 0.5) is 0 Å². The summed E-state index contributed by atoms with van der Waals surface area (Å²) in [4.78, 5) is 11.6. The second-order valence-electron chi connectivity index (χ2n) is 5.40. The van der Waals surface area contributed by atoms with Crippen molar-refractivity contribution in [2.24, 2.45) is 5.73 Å². The van der Waals surface area contributed by atoms with Gasteiger partial charge in [0.2, 0.25) is 10.0 Å². The van der Waals surface area contributed by atoms with Crippen LogP contribution in [-0.2, 0) is 10.0 Å². The number of hydrogen-bond acceptors (Lipinski definition) is 4. The van der Waals surface area contributed by atoms with Gasteiger partial charge >= 0.3 is 0 Å². The molecule has 0 bridgehead atoms. The fourth-order valence-corrected chi connectivity index (χ4v) is 4.14. The minimum atomic E-state index is -3.63. The van der Waals surface area contributed by atoms with Crippen LogP contribution in [0.1, 0.15) is 36.0 Å². The van der Waals surface area contributed by atoms with E-state index in [1.165, 1.54) is 31.3 Å². The molecule has 1 aliphatic carbocycles. The van der Waals surface area contributed by atoms with Crippen molar-refractivity contribution in [3.05, 3.63) is 29.8 Å². The van der Waals surface area contributed by atoms with Gasteiger partial charge in [-0.2, -0.15) is 0 Å². The summed E-state index contributed by atoms with van der Waals surface area (Å²) in [7, 11) is -2.10. The Bertz CT molecular complexity index is 611. The van der Waals surface area contributed by atoms with Crippen LogP contribution in [0.25, 0.3) is 0 Å². The van der Waals surface area contributed by atoms with Gasteiger partial charge in [-0.1, -0.05) is 12.8 Å². The number of nitrogens with one attached hydrogen (secondary N) is 2. The predicted octanol–water partition coefficient (Wildman–Crippen LogP) is 1.02. The summed E-state index contributed by atoms with van der Waals surface area (Å²) in [5.74, 6) is -0.249. The first-order valence-corrected chi connectivity index (χ1v) is 8.47. The van der Waals surface area contributed by atoms with Crippen LogP contribution in [-0.4, -0.2) is 33.5 Å². The molecular weight excluding hydrogens is 326 g/mol. The molecule has 1 aromatic carbocycles. The standard InChI is InChI=1S/C14H21N3O3S.ClH/c1-16-13(18)11-4-6-12(7-5-11)21(19,20)17-14(10-15)8-2-3-9-14;/h4-7,17H,2-3,8-10,15H2,1H3,(H,16,18);1H. The molecule has 0 saturated heterocycles. The van der Waals surface area contributed by atoms with Crippen molar-refractivity contribution in [2.75, 3.05) is 13.6 Å². The average molecular weight is 348 g/mol. The molecule has 6 nitrogen and oxygen atoms in total. The number of sulfonamides is 1. The Morgan fingerprint density at radius 1 is 1.23 bits per heavy atom. The molecule has 1 fully saturated rings. The number of nitrogens with two attached hydrogens (primary N) is 1. The highest BCUT2D eigenvalue weighted by atomic mass is 35.5. The van der Waals surface area contributed by atoms with Gasteiger partial charge in [-0.15, -0.1) is 12.4 Å². The predicted molar refractivity (Wildman–Crippen MR) is 87.7 cm³/mol. The Labute approximate surface area is 137 Å². The van der Waals surface area contributed by atoms with Gasteiger partial charge in [0.25, 0.3) is 5.91 Å². The maximum absolute atomic E-state index is 12.4. The molecule has 1 aromatic rings. The molecule has 0 aliphatic heterocycles. The lowest BCUT2D eigenvalue weighted by Crippen LogP contribution is -2.51. The van der Waals surface area contributed by atoms with Crippen LogP contribution in [0.3, 0.4) is 0 Å². The quantitative estimate of drug-likeness (QED) is 0.740. The molecule has 8 heteroatoms. The number of rotatable bonds is 5. The average Bonchev–Trinajstić information content (AvgIpc) is 2.95. The Hall–Kier alpha value is -1.15. The smallest absolute Gasteiger partial charge is 0.251 e. The van der Waals surface area contributed by atoms with Gasteiger partial charge in [0.15, 0.2) is 0 Å². The fourth-order valence-electron chi connectivity index (χ4n) is 2.67. The van der Waals surface area contributed by atoms with E-state index in [0.29, 0.717) is 12.1 Å². The van der Waals surface area contributed by atoms with Gasteiger partial charge in [0, 0.05) is 24.7 Å². The third-order valence-corrected chi connectivity index (χ3v) is 5.55. The molecular formula is C14H22ClN3O3S. The maximum atomic E-state index is 12.4. The Kier molecular flexibility index (Phi) is 6.37. The van der Waals surface area contributed by atoms with Gasteiger partial charge in [-0.05, 0) is 37.1 Å². The number of carbonyl (C=O) groups excluding carboxylic acids is 1. The first kappa shape index (κ1) is 18.9. The van der Waals surface area contributed by atoms with E-state index in [9.17, 15) is 13.2 Å². The van der Waals surface area contributed by atoms with Crippen molar-refractivity contribution in [3.63, 3.8) is 0 Å². The molecule has 4 N–H and O–H groups in total. The zero-order chi connectivity index (χ0) is 15.5. The second-order valence-corrected chi connectivity index (χ2v) is 7.08. The SMILES string of the molecule is CNC(=O)c1ccc(S(=O)(=O)NC2(CN)CCCC2)cc1.Cl. The lowest BCUT2D eigenvalue weighted by Gasteiger charge is -2.28. The lowest BCUT2D eigenvalue weighted by molar-refractivity contribution is 0.0963. The van der Waals surface area contributed by atoms with Crippen LogP contribution in [0.15, 0.2) is 29.2 Å². The van der Waals surface area contributed by atoms with Crippen molar-refractivity contribution in [1.82, 2.24) is 10.0 Å². The Balaban J connectivity index is 0.00000242. The molecule has 22 heavy (non-hydrogen) atoms. The number of halogens is 1. The minimum absolute atomic E-state index is 0. The van der Waals surface area contributed by atoms with Gasteiger partial charge < -0.3 is 11.1 Å². The molecule has 0 aromatic heterocycles. The summed E-state index contributed by atoms with van der Waals surface area (Å²) in [5, 5.41) is 2.49. The van der Waals surface area contributed by atoms with E-state index in [0.717, 1.165) is 25.7 Å². The van der Waals surface area contributed by atoms with Crippen molar-refractivity contribution >= 4 is 28.3 Å². The number of amides is 1. The normalized spacial score (nSPS) is 16.8. The van der Waals surface area contributed by atoms with Crippen LogP contribution in [0, 0.1) is 0 Å². The largest absolute Gasteiger partial charge is 0.355 e. The molecule has 0 unspecified atom stereocenters. The second kappa shape index (κ2) is 7.41. The van der Waals surface area contributed by atoms with E-state index in [1.54, 1.807) is 0 Å². The van der Waals surface area contributed by atoms with E-state index in [4.69, 9.17) is 5.73 Å². The number of carbonyl (C=O) groups is 1. The van der Waals surface area contributed by atoms with Gasteiger partial charge in [-0.25, -0.2) is 13.1 Å². The molecule has 2 rings (SSSR count). The monoisotopic (exact) mass is 347 g/mol. The molecule has 0 atom stereocenters. The summed E-state index contributed by atoms with van der Waals surface area (Å²) in [5.41, 5.74) is 5.65. The fraction of sp³-hybridized carbons (Fsp3) is 0.500. The number of hydrogen-bond donors (Lipinski definition) is 3. The van der Waals surface area contributed by atoms with Crippen LogP contribution < -0.4 is 15.8 Å². The number of benzene rings is 1. The summed E-state index contributed by atoms with van der Waals surface area (Å²) in [6, 6.07) is 5.87. The highest BCUT2D eigenvalue weighted by Crippen LogP contribution is 2.30. The van der Waals surface area contributed by atoms with Gasteiger partial charge in [-0.3, -0.25) is 4.79 Å². The van der Waals surface area contributed by atoms with Crippen molar-refractivity contribution in [1.29, 1.82) is 0 Å². The van der Waals surface area contributed by atoms with Gasteiger partial charge in [0.1, 0.15) is 0 Å². The van der Waals surface area contributed by atoms with E-state index in [2.05, 4.69) is 10.0 Å². The highest BCUT2D eigenvalue weighted by molar-refractivity contribution is 7.89. The third-order valence-electron chi connectivity index (χ3n) is 3.96. The molecule has 1 amide bonds. The van der Waals surface area contributed by atoms with Crippen LogP contribution in [0.5, 0.6) is 0 Å². The first-order valence-electron chi connectivity index (χ1n) is 6.99. The van der Waals surface area contributed by atoms with E-state index < -0.39 is 15.6 Å². The van der Waals surface area contributed by atoms with E-state index in [1.807, 2.05) is 0 Å². The topological polar surface area (TPSA) is 101 Å². The third kappa shape index (κ3) is 3.98. The van der Waals surface area contributed by atoms with E-state index >= 15 is 0 Å². The summed E-state index contributed by atoms with van der Waals surface area (Å²) < 4.78 is 27.6. The molecule has 0 heterocycles. The summed E-state index contributed by atoms with van der Waals surface area (Å²) >= 11 is 0. The molecule has 124 valence electrons. The minimum Gasteiger partial charge on any atom is -0.355 e. The van der Waals surface area contributed by atoms with Crippen LogP contribution >= 0.6 is 12.4 Å². The molecule has 0 spiro atoms. The van der Waals surface area contributed by atoms with Crippen molar-refractivity contribution in [2.45, 2.75) is 36.1 Å². The summed E-state index contributed by atoms with van der Waals surface area (Å²) in [6.07, 6.45) is 3.49.